The molecule has 2 aliphatic heterocycles. The molecule has 2 fully saturated rings. The Bertz CT molecular complexity index is 775. The number of aromatic nitrogens is 2. The van der Waals surface area contributed by atoms with Gasteiger partial charge in [-0.3, -0.25) is 14.8 Å². The van der Waals surface area contributed by atoms with Gasteiger partial charge < -0.3 is 10.0 Å². The molecule has 138 valence electrons. The summed E-state index contributed by atoms with van der Waals surface area (Å²) < 4.78 is 0. The maximum absolute atomic E-state index is 12.9. The van der Waals surface area contributed by atoms with Crippen LogP contribution in [0, 0.1) is 18.3 Å². The van der Waals surface area contributed by atoms with E-state index in [1.54, 1.807) is 6.20 Å². The van der Waals surface area contributed by atoms with E-state index >= 15 is 0 Å². The van der Waals surface area contributed by atoms with Crippen molar-refractivity contribution >= 4 is 5.91 Å². The van der Waals surface area contributed by atoms with Crippen LogP contribution in [0.3, 0.4) is 0 Å². The molecule has 6 nitrogen and oxygen atoms in total. The number of benzene rings is 1. The van der Waals surface area contributed by atoms with Gasteiger partial charge in [0.1, 0.15) is 0 Å². The van der Waals surface area contributed by atoms with Crippen LogP contribution in [0.25, 0.3) is 0 Å². The van der Waals surface area contributed by atoms with Gasteiger partial charge in [0.25, 0.3) is 5.91 Å². The van der Waals surface area contributed by atoms with Crippen LogP contribution < -0.4 is 0 Å². The summed E-state index contributed by atoms with van der Waals surface area (Å²) in [6.07, 6.45) is 2.54. The average Bonchev–Trinajstić information content (AvgIpc) is 3.24. The van der Waals surface area contributed by atoms with Crippen molar-refractivity contribution in [3.63, 3.8) is 0 Å². The monoisotopic (exact) mass is 354 g/mol. The number of hydrogen-bond donors (Lipinski definition) is 2. The zero-order chi connectivity index (χ0) is 18.1. The zero-order valence-electron chi connectivity index (χ0n) is 15.2. The number of carbonyl (C=O) groups is 1. The molecule has 0 saturated carbocycles. The first-order chi connectivity index (χ1) is 12.6. The number of rotatable bonds is 4. The molecular formula is C20H26N4O2. The highest BCUT2D eigenvalue weighted by molar-refractivity contribution is 5.95. The van der Waals surface area contributed by atoms with Gasteiger partial charge in [0.05, 0.1) is 18.4 Å². The molecule has 4 rings (SSSR count). The molecule has 6 heteroatoms. The van der Waals surface area contributed by atoms with Crippen LogP contribution in [0.1, 0.15) is 28.0 Å². The summed E-state index contributed by atoms with van der Waals surface area (Å²) in [5, 5.41) is 17.0. The maximum Gasteiger partial charge on any atom is 0.257 e. The van der Waals surface area contributed by atoms with E-state index in [2.05, 4.69) is 39.4 Å². The molecule has 0 aliphatic carbocycles. The number of nitrogens with zero attached hydrogens (tertiary/aromatic N) is 3. The van der Waals surface area contributed by atoms with Crippen LogP contribution in [0.4, 0.5) is 0 Å². The Morgan fingerprint density at radius 3 is 2.85 bits per heavy atom. The number of aryl methyl sites for hydroxylation is 1. The van der Waals surface area contributed by atoms with Gasteiger partial charge in [-0.2, -0.15) is 5.10 Å². The third kappa shape index (κ3) is 3.04. The summed E-state index contributed by atoms with van der Waals surface area (Å²) >= 11 is 0. The van der Waals surface area contributed by atoms with Crippen molar-refractivity contribution in [2.24, 2.45) is 11.3 Å². The minimum absolute atomic E-state index is 0.0176. The van der Waals surface area contributed by atoms with Gasteiger partial charge in [0.15, 0.2) is 0 Å². The molecule has 1 amide bonds. The van der Waals surface area contributed by atoms with Gasteiger partial charge in [-0.15, -0.1) is 0 Å². The van der Waals surface area contributed by atoms with Crippen LogP contribution in [-0.4, -0.2) is 63.8 Å². The number of carbonyl (C=O) groups excluding carboxylic acids is 1. The summed E-state index contributed by atoms with van der Waals surface area (Å²) in [4.78, 5) is 17.2. The van der Waals surface area contributed by atoms with E-state index in [9.17, 15) is 9.90 Å². The Labute approximate surface area is 153 Å². The van der Waals surface area contributed by atoms with E-state index in [-0.39, 0.29) is 17.9 Å². The smallest absolute Gasteiger partial charge is 0.257 e. The Morgan fingerprint density at radius 2 is 2.15 bits per heavy atom. The predicted octanol–water partition coefficient (Wildman–Crippen LogP) is 1.67. The Hall–Kier alpha value is -2.18. The molecule has 0 bridgehead atoms. The van der Waals surface area contributed by atoms with Gasteiger partial charge in [0.2, 0.25) is 0 Å². The van der Waals surface area contributed by atoms with Gasteiger partial charge in [-0.1, -0.05) is 30.3 Å². The number of aliphatic hydroxyl groups excluding tert-OH is 1. The Kier molecular flexibility index (Phi) is 4.54. The molecule has 2 atom stereocenters. The largest absolute Gasteiger partial charge is 0.396 e. The lowest BCUT2D eigenvalue weighted by molar-refractivity contribution is 0.0117. The number of nitrogens with one attached hydrogen (secondary N) is 1. The molecule has 2 aromatic rings. The second-order valence-electron chi connectivity index (χ2n) is 7.80. The first kappa shape index (κ1) is 17.2. The Balaban J connectivity index is 1.49. The minimum Gasteiger partial charge on any atom is -0.396 e. The second-order valence-corrected chi connectivity index (χ2v) is 7.80. The van der Waals surface area contributed by atoms with Crippen LogP contribution in [0.5, 0.6) is 0 Å². The van der Waals surface area contributed by atoms with Crippen LogP contribution in [-0.2, 0) is 6.54 Å². The molecule has 1 aromatic carbocycles. The molecule has 0 unspecified atom stereocenters. The predicted molar refractivity (Wildman–Crippen MR) is 98.6 cm³/mol. The van der Waals surface area contributed by atoms with Crippen molar-refractivity contribution < 1.29 is 9.90 Å². The molecule has 2 saturated heterocycles. The minimum atomic E-state index is -0.222. The third-order valence-corrected chi connectivity index (χ3v) is 6.05. The highest BCUT2D eigenvalue weighted by atomic mass is 16.3. The normalized spacial score (nSPS) is 26.1. The lowest BCUT2D eigenvalue weighted by atomic mass is 9.74. The van der Waals surface area contributed by atoms with Gasteiger partial charge >= 0.3 is 0 Å². The van der Waals surface area contributed by atoms with Crippen molar-refractivity contribution in [3.8, 4) is 0 Å². The Morgan fingerprint density at radius 1 is 1.35 bits per heavy atom. The summed E-state index contributed by atoms with van der Waals surface area (Å²) in [5.41, 5.74) is 2.50. The standard InChI is InChI=1S/C20H26N4O2/c1-15-18(9-21-22-15)19(26)24-8-7-17-11-23(12-20(17,13-24)14-25)10-16-5-3-2-4-6-16/h2-6,9,17,25H,7-8,10-14H2,1H3,(H,21,22)/t17-,20-/m0/s1. The molecule has 1 aromatic heterocycles. The fourth-order valence-corrected chi connectivity index (χ4v) is 4.59. The molecule has 2 aliphatic rings. The van der Waals surface area contributed by atoms with Crippen molar-refractivity contribution in [2.75, 3.05) is 32.8 Å². The lowest BCUT2D eigenvalue weighted by Crippen LogP contribution is -2.52. The number of H-pyrrole nitrogens is 1. The quantitative estimate of drug-likeness (QED) is 0.876. The summed E-state index contributed by atoms with van der Waals surface area (Å²) in [5.74, 6) is 0.453. The number of likely N-dealkylation sites (tertiary alicyclic amines) is 2. The number of amides is 1. The van der Waals surface area contributed by atoms with Crippen LogP contribution >= 0.6 is 0 Å². The fraction of sp³-hybridized carbons (Fsp3) is 0.500. The topological polar surface area (TPSA) is 72.5 Å². The highest BCUT2D eigenvalue weighted by Gasteiger charge is 2.50. The molecule has 26 heavy (non-hydrogen) atoms. The zero-order valence-corrected chi connectivity index (χ0v) is 15.2. The van der Waals surface area contributed by atoms with Crippen LogP contribution in [0.15, 0.2) is 36.5 Å². The number of piperidine rings is 1. The SMILES string of the molecule is Cc1[nH]ncc1C(=O)N1CC[C@H]2CN(Cc3ccccc3)C[C@@]2(CO)C1. The first-order valence-corrected chi connectivity index (χ1v) is 9.28. The van der Waals surface area contributed by atoms with Crippen molar-refractivity contribution in [3.05, 3.63) is 53.3 Å². The van der Waals surface area contributed by atoms with E-state index in [0.29, 0.717) is 18.0 Å². The van der Waals surface area contributed by atoms with E-state index < -0.39 is 0 Å². The summed E-state index contributed by atoms with van der Waals surface area (Å²) in [7, 11) is 0. The molecule has 0 spiro atoms. The van der Waals surface area contributed by atoms with Crippen LogP contribution in [0.2, 0.25) is 0 Å². The number of hydrogen-bond acceptors (Lipinski definition) is 4. The van der Waals surface area contributed by atoms with Crippen molar-refractivity contribution in [1.82, 2.24) is 20.0 Å². The molecule has 3 heterocycles. The first-order valence-electron chi connectivity index (χ1n) is 9.28. The van der Waals surface area contributed by atoms with Gasteiger partial charge in [0, 0.05) is 43.8 Å². The third-order valence-electron chi connectivity index (χ3n) is 6.05. The summed E-state index contributed by atoms with van der Waals surface area (Å²) in [6.45, 7) is 6.06. The maximum atomic E-state index is 12.9. The van der Waals surface area contributed by atoms with E-state index in [4.69, 9.17) is 0 Å². The molecule has 2 N–H and O–H groups in total. The van der Waals surface area contributed by atoms with Crippen molar-refractivity contribution in [1.29, 1.82) is 0 Å². The van der Waals surface area contributed by atoms with Crippen molar-refractivity contribution in [2.45, 2.75) is 19.9 Å². The lowest BCUT2D eigenvalue weighted by Gasteiger charge is -2.43. The van der Waals surface area contributed by atoms with Gasteiger partial charge in [-0.05, 0) is 24.8 Å². The van der Waals surface area contributed by atoms with E-state index in [0.717, 1.165) is 38.3 Å². The second kappa shape index (κ2) is 6.85. The number of aliphatic hydroxyl groups is 1. The fourth-order valence-electron chi connectivity index (χ4n) is 4.59. The average molecular weight is 354 g/mol. The van der Waals surface area contributed by atoms with Gasteiger partial charge in [-0.25, -0.2) is 0 Å². The molecular weight excluding hydrogens is 328 g/mol. The summed E-state index contributed by atoms with van der Waals surface area (Å²) in [6, 6.07) is 10.4. The number of aromatic amines is 1. The van der Waals surface area contributed by atoms with E-state index in [1.807, 2.05) is 17.9 Å². The molecule has 0 radical (unpaired) electrons. The highest BCUT2D eigenvalue weighted by Crippen LogP contribution is 2.42. The number of fused-ring (bicyclic) bond motifs is 1. The van der Waals surface area contributed by atoms with E-state index in [1.165, 1.54) is 5.56 Å².